The first-order valence-corrected chi connectivity index (χ1v) is 8.04. The quantitative estimate of drug-likeness (QED) is 0.530. The maximum absolute atomic E-state index is 11.0. The molecule has 108 valence electrons. The lowest BCUT2D eigenvalue weighted by molar-refractivity contribution is 0.112. The van der Waals surface area contributed by atoms with Gasteiger partial charge in [0, 0.05) is 10.0 Å². The Bertz CT molecular complexity index is 580. The van der Waals surface area contributed by atoms with Crippen molar-refractivity contribution in [1.82, 2.24) is 15.0 Å². The maximum Gasteiger partial charge on any atom is 0.152 e. The number of unbranched alkanes of at least 4 members (excludes halogenated alkanes) is 5. The first kappa shape index (κ1) is 15.2. The summed E-state index contributed by atoms with van der Waals surface area (Å²) >= 11 is 3.45. The minimum Gasteiger partial charge on any atom is -0.298 e. The van der Waals surface area contributed by atoms with E-state index in [0.717, 1.165) is 29.2 Å². The summed E-state index contributed by atoms with van der Waals surface area (Å²) in [5.74, 6) is 0. The molecule has 0 radical (unpaired) electrons. The highest BCUT2D eigenvalue weighted by Crippen LogP contribution is 2.23. The summed E-state index contributed by atoms with van der Waals surface area (Å²) in [7, 11) is 0. The lowest BCUT2D eigenvalue weighted by Crippen LogP contribution is -2.02. The molecule has 0 atom stereocenters. The Labute approximate surface area is 127 Å². The van der Waals surface area contributed by atoms with Crippen LogP contribution in [0.2, 0.25) is 0 Å². The Kier molecular flexibility index (Phi) is 5.71. The first-order valence-electron chi connectivity index (χ1n) is 7.24. The molecule has 4 nitrogen and oxygen atoms in total. The molecule has 2 rings (SSSR count). The molecule has 0 spiro atoms. The van der Waals surface area contributed by atoms with Crippen molar-refractivity contribution in [2.45, 2.75) is 52.0 Å². The van der Waals surface area contributed by atoms with E-state index in [1.807, 2.05) is 6.07 Å². The van der Waals surface area contributed by atoms with Gasteiger partial charge in [0.05, 0.1) is 6.54 Å². The van der Waals surface area contributed by atoms with Gasteiger partial charge in [0.25, 0.3) is 0 Å². The van der Waals surface area contributed by atoms with Crippen molar-refractivity contribution in [3.63, 3.8) is 0 Å². The number of fused-ring (bicyclic) bond motifs is 1. The van der Waals surface area contributed by atoms with Gasteiger partial charge in [-0.3, -0.25) is 4.79 Å². The van der Waals surface area contributed by atoms with Crippen LogP contribution >= 0.6 is 15.9 Å². The van der Waals surface area contributed by atoms with Crippen LogP contribution in [0.25, 0.3) is 11.0 Å². The average molecular weight is 338 g/mol. The monoisotopic (exact) mass is 337 g/mol. The van der Waals surface area contributed by atoms with Gasteiger partial charge in [0.1, 0.15) is 11.0 Å². The second kappa shape index (κ2) is 7.53. The smallest absolute Gasteiger partial charge is 0.152 e. The van der Waals surface area contributed by atoms with Crippen molar-refractivity contribution in [1.29, 1.82) is 0 Å². The third kappa shape index (κ3) is 3.66. The SMILES string of the molecule is CCCCCCCCn1nc2c(Br)ccc(C=O)c2n1. The van der Waals surface area contributed by atoms with Crippen LogP contribution in [0.3, 0.4) is 0 Å². The van der Waals surface area contributed by atoms with Crippen LogP contribution in [0.15, 0.2) is 16.6 Å². The molecule has 20 heavy (non-hydrogen) atoms. The summed E-state index contributed by atoms with van der Waals surface area (Å²) < 4.78 is 0.882. The van der Waals surface area contributed by atoms with Crippen LogP contribution in [0.4, 0.5) is 0 Å². The molecule has 1 heterocycles. The van der Waals surface area contributed by atoms with E-state index >= 15 is 0 Å². The molecule has 0 fully saturated rings. The largest absolute Gasteiger partial charge is 0.298 e. The molecular weight excluding hydrogens is 318 g/mol. The maximum atomic E-state index is 11.0. The minimum atomic E-state index is 0.595. The topological polar surface area (TPSA) is 47.8 Å². The average Bonchev–Trinajstić information content (AvgIpc) is 2.88. The summed E-state index contributed by atoms with van der Waals surface area (Å²) in [5, 5.41) is 8.88. The highest BCUT2D eigenvalue weighted by Gasteiger charge is 2.10. The molecule has 0 aliphatic rings. The van der Waals surface area contributed by atoms with E-state index in [1.54, 1.807) is 10.9 Å². The fourth-order valence-corrected chi connectivity index (χ4v) is 2.65. The number of carbonyl (C=O) groups excluding carboxylic acids is 1. The van der Waals surface area contributed by atoms with Crippen LogP contribution in [-0.2, 0) is 6.54 Å². The van der Waals surface area contributed by atoms with Gasteiger partial charge in [0.2, 0.25) is 0 Å². The summed E-state index contributed by atoms with van der Waals surface area (Å²) in [6.07, 6.45) is 8.30. The normalized spacial score (nSPS) is 11.1. The Hall–Kier alpha value is -1.23. The fraction of sp³-hybridized carbons (Fsp3) is 0.533. The Morgan fingerprint density at radius 2 is 1.80 bits per heavy atom. The summed E-state index contributed by atoms with van der Waals surface area (Å²) in [6.45, 7) is 3.03. The molecule has 0 unspecified atom stereocenters. The van der Waals surface area contributed by atoms with Gasteiger partial charge in [-0.25, -0.2) is 0 Å². The number of halogens is 1. The van der Waals surface area contributed by atoms with Crippen LogP contribution < -0.4 is 0 Å². The van der Waals surface area contributed by atoms with Gasteiger partial charge in [0.15, 0.2) is 6.29 Å². The third-order valence-corrected chi connectivity index (χ3v) is 4.04. The van der Waals surface area contributed by atoms with E-state index < -0.39 is 0 Å². The number of aldehydes is 1. The number of rotatable bonds is 8. The Balaban J connectivity index is 1.98. The summed E-state index contributed by atoms with van der Waals surface area (Å²) in [4.78, 5) is 12.7. The lowest BCUT2D eigenvalue weighted by atomic mass is 10.1. The zero-order valence-corrected chi connectivity index (χ0v) is 13.4. The Morgan fingerprint density at radius 3 is 2.55 bits per heavy atom. The standard InChI is InChI=1S/C15H20BrN3O/c1-2-3-4-5-6-7-10-19-17-14-12(11-20)8-9-13(16)15(14)18-19/h8-9,11H,2-7,10H2,1H3. The second-order valence-corrected chi connectivity index (χ2v) is 5.87. The zero-order chi connectivity index (χ0) is 14.4. The van der Waals surface area contributed by atoms with Crippen LogP contribution in [0.1, 0.15) is 55.8 Å². The van der Waals surface area contributed by atoms with E-state index in [-0.39, 0.29) is 0 Å². The van der Waals surface area contributed by atoms with E-state index in [0.29, 0.717) is 11.1 Å². The van der Waals surface area contributed by atoms with Crippen LogP contribution in [-0.4, -0.2) is 21.3 Å². The molecular formula is C15H20BrN3O. The van der Waals surface area contributed by atoms with Gasteiger partial charge in [-0.05, 0) is 34.5 Å². The lowest BCUT2D eigenvalue weighted by Gasteiger charge is -2.00. The van der Waals surface area contributed by atoms with Crippen molar-refractivity contribution in [3.8, 4) is 0 Å². The molecule has 0 saturated heterocycles. The number of hydrogen-bond acceptors (Lipinski definition) is 3. The molecule has 0 aliphatic heterocycles. The third-order valence-electron chi connectivity index (χ3n) is 3.40. The van der Waals surface area contributed by atoms with Crippen molar-refractivity contribution in [2.24, 2.45) is 0 Å². The van der Waals surface area contributed by atoms with Crippen LogP contribution in [0.5, 0.6) is 0 Å². The van der Waals surface area contributed by atoms with Gasteiger partial charge >= 0.3 is 0 Å². The molecule has 0 amide bonds. The first-order chi connectivity index (χ1) is 9.76. The summed E-state index contributed by atoms with van der Waals surface area (Å²) in [5.41, 5.74) is 2.04. The van der Waals surface area contributed by atoms with Crippen LogP contribution in [0, 0.1) is 0 Å². The fourth-order valence-electron chi connectivity index (χ4n) is 2.25. The molecule has 5 heteroatoms. The molecule has 0 aliphatic carbocycles. The Morgan fingerprint density at radius 1 is 1.10 bits per heavy atom. The van der Waals surface area contributed by atoms with Gasteiger partial charge in [-0.2, -0.15) is 15.0 Å². The molecule has 0 N–H and O–H groups in total. The van der Waals surface area contributed by atoms with Crippen molar-refractivity contribution in [3.05, 3.63) is 22.2 Å². The number of benzene rings is 1. The van der Waals surface area contributed by atoms with Gasteiger partial charge in [-0.1, -0.05) is 39.0 Å². The van der Waals surface area contributed by atoms with Crippen molar-refractivity contribution in [2.75, 3.05) is 0 Å². The zero-order valence-electron chi connectivity index (χ0n) is 11.8. The van der Waals surface area contributed by atoms with Crippen molar-refractivity contribution < 1.29 is 4.79 Å². The van der Waals surface area contributed by atoms with E-state index in [1.165, 1.54) is 32.1 Å². The highest BCUT2D eigenvalue weighted by atomic mass is 79.9. The molecule has 1 aromatic heterocycles. The summed E-state index contributed by atoms with van der Waals surface area (Å²) in [6, 6.07) is 3.61. The molecule has 0 saturated carbocycles. The number of aryl methyl sites for hydroxylation is 1. The number of nitrogens with zero attached hydrogens (tertiary/aromatic N) is 3. The molecule has 0 bridgehead atoms. The predicted molar refractivity (Wildman–Crippen MR) is 84.0 cm³/mol. The van der Waals surface area contributed by atoms with E-state index in [4.69, 9.17) is 0 Å². The molecule has 2 aromatic rings. The van der Waals surface area contributed by atoms with Gasteiger partial charge in [-0.15, -0.1) is 0 Å². The number of carbonyl (C=O) groups is 1. The predicted octanol–water partition coefficient (Wildman–Crippen LogP) is 4.37. The minimum absolute atomic E-state index is 0.595. The van der Waals surface area contributed by atoms with Crippen molar-refractivity contribution >= 4 is 33.2 Å². The highest BCUT2D eigenvalue weighted by molar-refractivity contribution is 9.10. The molecule has 1 aromatic carbocycles. The van der Waals surface area contributed by atoms with E-state index in [2.05, 4.69) is 33.1 Å². The second-order valence-electron chi connectivity index (χ2n) is 5.02. The van der Waals surface area contributed by atoms with E-state index in [9.17, 15) is 4.79 Å². The number of aromatic nitrogens is 3. The van der Waals surface area contributed by atoms with Gasteiger partial charge < -0.3 is 0 Å². The number of hydrogen-bond donors (Lipinski definition) is 0.